The molecule has 0 aliphatic carbocycles. The molecule has 0 N–H and O–H groups in total. The van der Waals surface area contributed by atoms with Crippen LogP contribution in [0.4, 0.5) is 0 Å². The van der Waals surface area contributed by atoms with Crippen molar-refractivity contribution in [2.45, 2.75) is 26.1 Å². The topological polar surface area (TPSA) is 9.23 Å². The lowest BCUT2D eigenvalue weighted by Crippen LogP contribution is -2.02. The van der Waals surface area contributed by atoms with E-state index in [0.717, 1.165) is 17.7 Å². The van der Waals surface area contributed by atoms with Crippen LogP contribution in [0.2, 0.25) is 0 Å². The number of benzene rings is 2. The standard InChI is InChI=1S/C17H19ClO/c1-13-3-4-14(2)17(11-13)19-10-9-15-5-7-16(12-18)8-6-15/h3-8,11H,9-10,12H2,1-2H3. The normalized spacial score (nSPS) is 10.5. The van der Waals surface area contributed by atoms with E-state index in [1.165, 1.54) is 16.7 Å². The first-order valence-corrected chi connectivity index (χ1v) is 7.06. The van der Waals surface area contributed by atoms with Gasteiger partial charge in [0, 0.05) is 12.3 Å². The van der Waals surface area contributed by atoms with Gasteiger partial charge in [-0.1, -0.05) is 36.4 Å². The lowest BCUT2D eigenvalue weighted by atomic mass is 10.1. The molecule has 2 aromatic rings. The van der Waals surface area contributed by atoms with E-state index < -0.39 is 0 Å². The second-order valence-corrected chi connectivity index (χ2v) is 5.08. The van der Waals surface area contributed by atoms with Crippen molar-refractivity contribution in [3.8, 4) is 5.75 Å². The van der Waals surface area contributed by atoms with Crippen LogP contribution in [-0.2, 0) is 12.3 Å². The largest absolute Gasteiger partial charge is 0.493 e. The molecule has 0 heterocycles. The van der Waals surface area contributed by atoms with Gasteiger partial charge in [0.2, 0.25) is 0 Å². The third kappa shape index (κ3) is 4.00. The second kappa shape index (κ2) is 6.63. The monoisotopic (exact) mass is 274 g/mol. The number of hydrogen-bond donors (Lipinski definition) is 0. The van der Waals surface area contributed by atoms with E-state index in [1.54, 1.807) is 0 Å². The molecule has 0 aliphatic rings. The van der Waals surface area contributed by atoms with Gasteiger partial charge < -0.3 is 4.74 Å². The molecule has 0 amide bonds. The molecule has 0 atom stereocenters. The van der Waals surface area contributed by atoms with Gasteiger partial charge in [0.25, 0.3) is 0 Å². The summed E-state index contributed by atoms with van der Waals surface area (Å²) in [5.41, 5.74) is 4.84. The summed E-state index contributed by atoms with van der Waals surface area (Å²) in [6, 6.07) is 14.7. The molecule has 0 unspecified atom stereocenters. The van der Waals surface area contributed by atoms with Crippen LogP contribution in [0, 0.1) is 13.8 Å². The molecule has 0 saturated heterocycles. The minimum Gasteiger partial charge on any atom is -0.493 e. The molecule has 100 valence electrons. The van der Waals surface area contributed by atoms with Crippen molar-refractivity contribution >= 4 is 11.6 Å². The Morgan fingerprint density at radius 2 is 1.63 bits per heavy atom. The molecule has 0 radical (unpaired) electrons. The van der Waals surface area contributed by atoms with Gasteiger partial charge >= 0.3 is 0 Å². The van der Waals surface area contributed by atoms with Gasteiger partial charge in [-0.2, -0.15) is 0 Å². The van der Waals surface area contributed by atoms with Crippen molar-refractivity contribution in [1.29, 1.82) is 0 Å². The maximum Gasteiger partial charge on any atom is 0.122 e. The first-order valence-electron chi connectivity index (χ1n) is 6.53. The van der Waals surface area contributed by atoms with E-state index in [9.17, 15) is 0 Å². The summed E-state index contributed by atoms with van der Waals surface area (Å²) in [5, 5.41) is 0. The first kappa shape index (κ1) is 14.0. The molecular formula is C17H19ClO. The molecule has 0 aromatic heterocycles. The summed E-state index contributed by atoms with van der Waals surface area (Å²) in [6.07, 6.45) is 0.913. The summed E-state index contributed by atoms with van der Waals surface area (Å²) in [7, 11) is 0. The van der Waals surface area contributed by atoms with Crippen molar-refractivity contribution in [2.75, 3.05) is 6.61 Å². The average Bonchev–Trinajstić information content (AvgIpc) is 2.43. The highest BCUT2D eigenvalue weighted by atomic mass is 35.5. The summed E-state index contributed by atoms with van der Waals surface area (Å²) in [6.45, 7) is 4.85. The Morgan fingerprint density at radius 3 is 2.32 bits per heavy atom. The van der Waals surface area contributed by atoms with Crippen LogP contribution in [0.15, 0.2) is 42.5 Å². The minimum atomic E-state index is 0.569. The van der Waals surface area contributed by atoms with Crippen LogP contribution in [0.25, 0.3) is 0 Å². The third-order valence-corrected chi connectivity index (χ3v) is 3.48. The molecule has 19 heavy (non-hydrogen) atoms. The van der Waals surface area contributed by atoms with Crippen molar-refractivity contribution < 1.29 is 4.74 Å². The van der Waals surface area contributed by atoms with E-state index in [0.29, 0.717) is 12.5 Å². The van der Waals surface area contributed by atoms with E-state index in [2.05, 4.69) is 56.3 Å². The quantitative estimate of drug-likeness (QED) is 0.721. The highest BCUT2D eigenvalue weighted by molar-refractivity contribution is 6.17. The zero-order chi connectivity index (χ0) is 13.7. The predicted molar refractivity (Wildman–Crippen MR) is 81.1 cm³/mol. The minimum absolute atomic E-state index is 0.569. The molecule has 0 bridgehead atoms. The first-order chi connectivity index (χ1) is 9.19. The molecular weight excluding hydrogens is 256 g/mol. The van der Waals surface area contributed by atoms with Crippen LogP contribution in [0.5, 0.6) is 5.75 Å². The van der Waals surface area contributed by atoms with Gasteiger partial charge in [-0.25, -0.2) is 0 Å². The van der Waals surface area contributed by atoms with Crippen LogP contribution in [0.1, 0.15) is 22.3 Å². The fraction of sp³-hybridized carbons (Fsp3) is 0.294. The molecule has 0 saturated carbocycles. The third-order valence-electron chi connectivity index (χ3n) is 3.17. The number of hydrogen-bond acceptors (Lipinski definition) is 1. The van der Waals surface area contributed by atoms with E-state index in [1.807, 2.05) is 0 Å². The molecule has 0 fully saturated rings. The van der Waals surface area contributed by atoms with Gasteiger partial charge in [0.1, 0.15) is 5.75 Å². The Morgan fingerprint density at radius 1 is 0.947 bits per heavy atom. The summed E-state index contributed by atoms with van der Waals surface area (Å²) >= 11 is 5.77. The zero-order valence-electron chi connectivity index (χ0n) is 11.4. The van der Waals surface area contributed by atoms with Crippen molar-refractivity contribution in [3.05, 3.63) is 64.7 Å². The van der Waals surface area contributed by atoms with Crippen LogP contribution < -0.4 is 4.74 Å². The molecule has 0 aliphatic heterocycles. The van der Waals surface area contributed by atoms with Gasteiger partial charge in [-0.3, -0.25) is 0 Å². The zero-order valence-corrected chi connectivity index (χ0v) is 12.2. The fourth-order valence-corrected chi connectivity index (χ4v) is 2.11. The second-order valence-electron chi connectivity index (χ2n) is 4.82. The Bertz CT molecular complexity index is 531. The fourth-order valence-electron chi connectivity index (χ4n) is 1.94. The van der Waals surface area contributed by atoms with Gasteiger partial charge in [-0.05, 0) is 42.2 Å². The molecule has 1 nitrogen and oxygen atoms in total. The highest BCUT2D eigenvalue weighted by Gasteiger charge is 2.00. The van der Waals surface area contributed by atoms with Crippen molar-refractivity contribution in [2.24, 2.45) is 0 Å². The van der Waals surface area contributed by atoms with Crippen LogP contribution >= 0.6 is 11.6 Å². The summed E-state index contributed by atoms with van der Waals surface area (Å²) < 4.78 is 5.85. The summed E-state index contributed by atoms with van der Waals surface area (Å²) in [5.74, 6) is 1.55. The van der Waals surface area contributed by atoms with Gasteiger partial charge in [-0.15, -0.1) is 11.6 Å². The van der Waals surface area contributed by atoms with Gasteiger partial charge in [0.05, 0.1) is 6.61 Å². The molecule has 2 heteroatoms. The van der Waals surface area contributed by atoms with Crippen molar-refractivity contribution in [1.82, 2.24) is 0 Å². The average molecular weight is 275 g/mol. The SMILES string of the molecule is Cc1ccc(C)c(OCCc2ccc(CCl)cc2)c1. The Hall–Kier alpha value is -1.47. The number of aryl methyl sites for hydroxylation is 2. The van der Waals surface area contributed by atoms with Gasteiger partial charge in [0.15, 0.2) is 0 Å². The lowest BCUT2D eigenvalue weighted by Gasteiger charge is -2.10. The smallest absolute Gasteiger partial charge is 0.122 e. The van der Waals surface area contributed by atoms with E-state index >= 15 is 0 Å². The number of rotatable bonds is 5. The summed E-state index contributed by atoms with van der Waals surface area (Å²) in [4.78, 5) is 0. The lowest BCUT2D eigenvalue weighted by molar-refractivity contribution is 0.319. The molecule has 2 rings (SSSR count). The number of halogens is 1. The highest BCUT2D eigenvalue weighted by Crippen LogP contribution is 2.19. The maximum atomic E-state index is 5.85. The Balaban J connectivity index is 1.90. The predicted octanol–water partition coefficient (Wildman–Crippen LogP) is 4.66. The van der Waals surface area contributed by atoms with E-state index in [-0.39, 0.29) is 0 Å². The maximum absolute atomic E-state index is 5.85. The van der Waals surface area contributed by atoms with Crippen LogP contribution in [0.3, 0.4) is 0 Å². The Kier molecular flexibility index (Phi) is 4.86. The Labute approximate surface area is 120 Å². The van der Waals surface area contributed by atoms with E-state index in [4.69, 9.17) is 16.3 Å². The van der Waals surface area contributed by atoms with Crippen LogP contribution in [-0.4, -0.2) is 6.61 Å². The van der Waals surface area contributed by atoms with Crippen molar-refractivity contribution in [3.63, 3.8) is 0 Å². The number of alkyl halides is 1. The molecule has 0 spiro atoms. The molecule has 2 aromatic carbocycles. The number of ether oxygens (including phenoxy) is 1.